The molecule has 0 unspecified atom stereocenters. The summed E-state index contributed by atoms with van der Waals surface area (Å²) in [5, 5.41) is 4.44. The van der Waals surface area contributed by atoms with Crippen LogP contribution >= 0.6 is 11.8 Å². The summed E-state index contributed by atoms with van der Waals surface area (Å²) in [6.45, 7) is 2.96. The summed E-state index contributed by atoms with van der Waals surface area (Å²) < 4.78 is 11.2. The van der Waals surface area contributed by atoms with Gasteiger partial charge in [-0.15, -0.1) is 11.8 Å². The van der Waals surface area contributed by atoms with Crippen molar-refractivity contribution in [2.24, 2.45) is 5.10 Å². The first kappa shape index (κ1) is 19.7. The summed E-state index contributed by atoms with van der Waals surface area (Å²) in [6, 6.07) is 22.5. The Morgan fingerprint density at radius 3 is 2.32 bits per heavy atom. The Morgan fingerprint density at radius 2 is 1.61 bits per heavy atom. The van der Waals surface area contributed by atoms with Gasteiger partial charge in [0.25, 0.3) is 0 Å². The first-order chi connectivity index (χ1) is 15.2. The van der Waals surface area contributed by atoms with E-state index >= 15 is 0 Å². The molecule has 0 fully saturated rings. The smallest absolute Gasteiger partial charge is 0.250 e. The molecule has 0 radical (unpaired) electrons. The van der Waals surface area contributed by atoms with E-state index in [9.17, 15) is 4.79 Å². The fraction of sp³-hybridized carbons (Fsp3) is 0.200. The van der Waals surface area contributed by atoms with Gasteiger partial charge in [-0.3, -0.25) is 4.79 Å². The molecule has 5 nitrogen and oxygen atoms in total. The van der Waals surface area contributed by atoms with Crippen LogP contribution in [0.1, 0.15) is 28.9 Å². The van der Waals surface area contributed by atoms with Crippen molar-refractivity contribution in [2.75, 3.05) is 19.0 Å². The number of rotatable bonds is 5. The van der Waals surface area contributed by atoms with E-state index in [1.807, 2.05) is 25.1 Å². The van der Waals surface area contributed by atoms with Crippen LogP contribution in [-0.2, 0) is 4.79 Å². The van der Waals surface area contributed by atoms with Crippen LogP contribution in [0.5, 0.6) is 11.5 Å². The predicted molar refractivity (Wildman–Crippen MR) is 124 cm³/mol. The molecule has 2 aliphatic rings. The summed E-state index contributed by atoms with van der Waals surface area (Å²) >= 11 is 1.63. The number of nitrogens with one attached hydrogen (secondary N) is 1. The van der Waals surface area contributed by atoms with E-state index in [0.29, 0.717) is 30.4 Å². The lowest BCUT2D eigenvalue weighted by atomic mass is 10.1. The van der Waals surface area contributed by atoms with Crippen LogP contribution in [0.3, 0.4) is 0 Å². The highest BCUT2D eigenvalue weighted by molar-refractivity contribution is 8.00. The second-order valence-corrected chi connectivity index (χ2v) is 8.55. The van der Waals surface area contributed by atoms with Gasteiger partial charge in [-0.05, 0) is 47.4 Å². The van der Waals surface area contributed by atoms with E-state index in [4.69, 9.17) is 9.47 Å². The molecule has 1 aliphatic heterocycles. The molecule has 0 bridgehead atoms. The lowest BCUT2D eigenvalue weighted by Crippen LogP contribution is -2.22. The number of nitrogens with zero attached hydrogens (tertiary/aromatic N) is 1. The number of hydrogen-bond donors (Lipinski definition) is 1. The second-order valence-electron chi connectivity index (χ2n) is 7.46. The molecule has 0 saturated heterocycles. The minimum atomic E-state index is -0.122. The van der Waals surface area contributed by atoms with Crippen LogP contribution in [0.2, 0.25) is 0 Å². The van der Waals surface area contributed by atoms with Crippen molar-refractivity contribution < 1.29 is 14.3 Å². The van der Waals surface area contributed by atoms with Crippen LogP contribution in [0.4, 0.5) is 0 Å². The minimum absolute atomic E-state index is 0.122. The number of ether oxygens (including phenoxy) is 2. The molecule has 5 rings (SSSR count). The number of thioether (sulfide) groups is 1. The van der Waals surface area contributed by atoms with Crippen LogP contribution in [0.25, 0.3) is 11.1 Å². The SMILES string of the molecule is C/C(=N/NC(=O)CSC1c2ccccc2-c2ccccc21)c1ccc2c(c1)OCCO2. The lowest BCUT2D eigenvalue weighted by molar-refractivity contribution is -0.118. The molecule has 1 aliphatic carbocycles. The van der Waals surface area contributed by atoms with Crippen LogP contribution in [0.15, 0.2) is 71.8 Å². The Balaban J connectivity index is 1.24. The van der Waals surface area contributed by atoms with Crippen LogP contribution in [-0.4, -0.2) is 30.6 Å². The Morgan fingerprint density at radius 1 is 0.968 bits per heavy atom. The van der Waals surface area contributed by atoms with Gasteiger partial charge in [-0.1, -0.05) is 48.5 Å². The molecule has 0 saturated carbocycles. The Kier molecular flexibility index (Phi) is 5.38. The Labute approximate surface area is 185 Å². The summed E-state index contributed by atoms with van der Waals surface area (Å²) in [6.07, 6.45) is 0. The van der Waals surface area contributed by atoms with Crippen molar-refractivity contribution >= 4 is 23.4 Å². The first-order valence-electron chi connectivity index (χ1n) is 10.2. The number of carbonyl (C=O) groups excluding carboxylic acids is 1. The Bertz CT molecular complexity index is 1130. The zero-order chi connectivity index (χ0) is 21.2. The third-order valence-corrected chi connectivity index (χ3v) is 6.74. The largest absolute Gasteiger partial charge is 0.486 e. The summed E-state index contributed by atoms with van der Waals surface area (Å²) in [5.74, 6) is 1.65. The molecule has 31 heavy (non-hydrogen) atoms. The number of hydrogen-bond acceptors (Lipinski definition) is 5. The van der Waals surface area contributed by atoms with Crippen molar-refractivity contribution in [3.8, 4) is 22.6 Å². The third kappa shape index (κ3) is 3.91. The molecule has 1 heterocycles. The average molecular weight is 431 g/mol. The first-order valence-corrected chi connectivity index (χ1v) is 11.3. The van der Waals surface area contributed by atoms with E-state index in [-0.39, 0.29) is 11.2 Å². The van der Waals surface area contributed by atoms with Gasteiger partial charge in [0, 0.05) is 5.56 Å². The van der Waals surface area contributed by atoms with Crippen molar-refractivity contribution in [1.29, 1.82) is 0 Å². The van der Waals surface area contributed by atoms with Crippen molar-refractivity contribution in [3.05, 3.63) is 83.4 Å². The highest BCUT2D eigenvalue weighted by atomic mass is 32.2. The maximum atomic E-state index is 12.5. The molecule has 1 amide bonds. The minimum Gasteiger partial charge on any atom is -0.486 e. The van der Waals surface area contributed by atoms with Crippen molar-refractivity contribution in [1.82, 2.24) is 5.43 Å². The molecular weight excluding hydrogens is 408 g/mol. The summed E-state index contributed by atoms with van der Waals surface area (Å²) in [4.78, 5) is 12.5. The van der Waals surface area contributed by atoms with Gasteiger partial charge in [-0.25, -0.2) is 5.43 Å². The average Bonchev–Trinajstić information content (AvgIpc) is 3.14. The van der Waals surface area contributed by atoms with Gasteiger partial charge in [0.05, 0.1) is 16.7 Å². The van der Waals surface area contributed by atoms with E-state index in [2.05, 4.69) is 59.1 Å². The summed E-state index contributed by atoms with van der Waals surface area (Å²) in [5.41, 5.74) is 9.32. The Hall–Kier alpha value is -3.25. The van der Waals surface area contributed by atoms with Gasteiger partial charge in [-0.2, -0.15) is 5.10 Å². The monoisotopic (exact) mass is 430 g/mol. The van der Waals surface area contributed by atoms with Gasteiger partial charge >= 0.3 is 0 Å². The van der Waals surface area contributed by atoms with Crippen molar-refractivity contribution in [2.45, 2.75) is 12.2 Å². The highest BCUT2D eigenvalue weighted by Gasteiger charge is 2.28. The fourth-order valence-corrected chi connectivity index (χ4v) is 5.11. The molecule has 156 valence electrons. The van der Waals surface area contributed by atoms with Crippen molar-refractivity contribution in [3.63, 3.8) is 0 Å². The number of carbonyl (C=O) groups is 1. The standard InChI is InChI=1S/C25H22N2O3S/c1-16(17-10-11-22-23(14-17)30-13-12-29-22)26-27-24(28)15-31-25-20-8-4-2-6-18(20)19-7-3-5-9-21(19)25/h2-11,14,25H,12-13,15H2,1H3,(H,27,28)/b26-16-. The number of fused-ring (bicyclic) bond motifs is 4. The topological polar surface area (TPSA) is 59.9 Å². The predicted octanol–water partition coefficient (Wildman–Crippen LogP) is 4.80. The maximum Gasteiger partial charge on any atom is 0.250 e. The zero-order valence-corrected chi connectivity index (χ0v) is 17.9. The summed E-state index contributed by atoms with van der Waals surface area (Å²) in [7, 11) is 0. The van der Waals surface area contributed by atoms with E-state index in [1.165, 1.54) is 22.3 Å². The van der Waals surface area contributed by atoms with Crippen LogP contribution < -0.4 is 14.9 Å². The van der Waals surface area contributed by atoms with Gasteiger partial charge in [0.1, 0.15) is 13.2 Å². The molecule has 6 heteroatoms. The maximum absolute atomic E-state index is 12.5. The van der Waals surface area contributed by atoms with Gasteiger partial charge in [0.2, 0.25) is 5.91 Å². The molecule has 0 spiro atoms. The second kappa shape index (κ2) is 8.47. The van der Waals surface area contributed by atoms with Gasteiger partial charge in [0.15, 0.2) is 11.5 Å². The normalized spacial score (nSPS) is 14.7. The van der Waals surface area contributed by atoms with E-state index in [1.54, 1.807) is 11.8 Å². The molecule has 3 aromatic rings. The highest BCUT2D eigenvalue weighted by Crippen LogP contribution is 2.49. The molecule has 0 atom stereocenters. The molecular formula is C25H22N2O3S. The lowest BCUT2D eigenvalue weighted by Gasteiger charge is -2.18. The quantitative estimate of drug-likeness (QED) is 0.467. The molecule has 1 N–H and O–H groups in total. The van der Waals surface area contributed by atoms with Crippen LogP contribution in [0, 0.1) is 0 Å². The van der Waals surface area contributed by atoms with E-state index in [0.717, 1.165) is 11.3 Å². The zero-order valence-electron chi connectivity index (χ0n) is 17.1. The number of amides is 1. The van der Waals surface area contributed by atoms with E-state index < -0.39 is 0 Å². The third-order valence-electron chi connectivity index (χ3n) is 5.47. The fourth-order valence-electron chi connectivity index (χ4n) is 3.96. The van der Waals surface area contributed by atoms with Gasteiger partial charge < -0.3 is 9.47 Å². The number of hydrazone groups is 1. The molecule has 3 aromatic carbocycles. The number of benzene rings is 3. The molecule has 0 aromatic heterocycles.